The van der Waals surface area contributed by atoms with Gasteiger partial charge in [0.1, 0.15) is 6.61 Å². The van der Waals surface area contributed by atoms with Gasteiger partial charge in [0.05, 0.1) is 9.75 Å². The van der Waals surface area contributed by atoms with Crippen LogP contribution in [0, 0.1) is 24.7 Å². The van der Waals surface area contributed by atoms with E-state index >= 15 is 0 Å². The van der Waals surface area contributed by atoms with E-state index in [0.717, 1.165) is 16.9 Å². The molecule has 0 aliphatic heterocycles. The molecule has 0 saturated heterocycles. The molecule has 19 heavy (non-hydrogen) atoms. The number of carbonyl (C=O) groups is 1. The first-order valence-electron chi connectivity index (χ1n) is 6.63. The van der Waals surface area contributed by atoms with Crippen molar-refractivity contribution in [2.45, 2.75) is 39.2 Å². The average molecular weight is 277 g/mol. The largest absolute Gasteiger partial charge is 0.384 e. The van der Waals surface area contributed by atoms with Gasteiger partial charge in [0.25, 0.3) is 5.91 Å². The topological polar surface area (TPSA) is 49.3 Å². The molecule has 0 bridgehead atoms. The van der Waals surface area contributed by atoms with Crippen molar-refractivity contribution in [1.82, 2.24) is 5.32 Å². The SMILES string of the molecule is Cc1cc(C(=O)NC2CCCC2C)sc1C#CCO. The van der Waals surface area contributed by atoms with Gasteiger partial charge < -0.3 is 10.4 Å². The van der Waals surface area contributed by atoms with E-state index in [2.05, 4.69) is 24.1 Å². The van der Waals surface area contributed by atoms with Crippen LogP contribution in [0.25, 0.3) is 0 Å². The molecular weight excluding hydrogens is 258 g/mol. The summed E-state index contributed by atoms with van der Waals surface area (Å²) in [6, 6.07) is 2.18. The van der Waals surface area contributed by atoms with Crippen LogP contribution in [0.2, 0.25) is 0 Å². The lowest BCUT2D eigenvalue weighted by Gasteiger charge is -2.16. The average Bonchev–Trinajstić information content (AvgIpc) is 2.94. The molecule has 0 aromatic carbocycles. The van der Waals surface area contributed by atoms with Crippen LogP contribution >= 0.6 is 11.3 Å². The number of hydrogen-bond donors (Lipinski definition) is 2. The summed E-state index contributed by atoms with van der Waals surface area (Å²) in [5, 5.41) is 11.8. The molecule has 2 unspecified atom stereocenters. The van der Waals surface area contributed by atoms with Crippen LogP contribution < -0.4 is 5.32 Å². The van der Waals surface area contributed by atoms with Gasteiger partial charge in [0, 0.05) is 6.04 Å². The van der Waals surface area contributed by atoms with Crippen LogP contribution in [-0.4, -0.2) is 23.7 Å². The predicted molar refractivity (Wildman–Crippen MR) is 77.3 cm³/mol. The minimum absolute atomic E-state index is 0.00361. The van der Waals surface area contributed by atoms with Crippen LogP contribution in [0.3, 0.4) is 0 Å². The maximum absolute atomic E-state index is 12.2. The number of hydrogen-bond acceptors (Lipinski definition) is 3. The Hall–Kier alpha value is -1.31. The fourth-order valence-corrected chi connectivity index (χ4v) is 3.39. The number of carbonyl (C=O) groups excluding carboxylic acids is 1. The molecule has 1 aromatic heterocycles. The first kappa shape index (κ1) is 14.1. The van der Waals surface area contributed by atoms with Crippen LogP contribution in [0.5, 0.6) is 0 Å². The molecule has 2 atom stereocenters. The Bertz CT molecular complexity index is 524. The quantitative estimate of drug-likeness (QED) is 0.815. The standard InChI is InChI=1S/C15H19NO2S/c1-10-5-3-6-12(10)16-15(18)14-9-11(2)13(19-14)7-4-8-17/h9-10,12,17H,3,5-6,8H2,1-2H3,(H,16,18). The molecule has 1 fully saturated rings. The van der Waals surface area contributed by atoms with E-state index in [1.54, 1.807) is 0 Å². The third kappa shape index (κ3) is 3.37. The molecule has 2 N–H and O–H groups in total. The van der Waals surface area contributed by atoms with E-state index in [9.17, 15) is 4.79 Å². The van der Waals surface area contributed by atoms with Gasteiger partial charge in [-0.15, -0.1) is 11.3 Å². The molecule has 2 rings (SSSR count). The van der Waals surface area contributed by atoms with Crippen LogP contribution in [0.15, 0.2) is 6.07 Å². The lowest BCUT2D eigenvalue weighted by molar-refractivity contribution is 0.0933. The number of thiophene rings is 1. The Morgan fingerprint density at radius 3 is 3.00 bits per heavy atom. The zero-order chi connectivity index (χ0) is 13.8. The molecule has 1 aromatic rings. The van der Waals surface area contributed by atoms with E-state index < -0.39 is 0 Å². The predicted octanol–water partition coefficient (Wildman–Crippen LogP) is 2.32. The Morgan fingerprint density at radius 1 is 1.58 bits per heavy atom. The third-order valence-electron chi connectivity index (χ3n) is 3.60. The van der Waals surface area contributed by atoms with Gasteiger partial charge in [-0.2, -0.15) is 0 Å². The number of nitrogens with one attached hydrogen (secondary N) is 1. The lowest BCUT2D eigenvalue weighted by Crippen LogP contribution is -2.35. The second-order valence-corrected chi connectivity index (χ2v) is 6.12. The highest BCUT2D eigenvalue weighted by Crippen LogP contribution is 2.26. The zero-order valence-corrected chi connectivity index (χ0v) is 12.1. The van der Waals surface area contributed by atoms with E-state index in [1.807, 2.05) is 13.0 Å². The van der Waals surface area contributed by atoms with Crippen LogP contribution in [-0.2, 0) is 0 Å². The maximum atomic E-state index is 12.2. The summed E-state index contributed by atoms with van der Waals surface area (Å²) in [7, 11) is 0. The molecule has 4 heteroatoms. The minimum Gasteiger partial charge on any atom is -0.384 e. The second kappa shape index (κ2) is 6.23. The van der Waals surface area contributed by atoms with Crippen LogP contribution in [0.1, 0.15) is 46.3 Å². The summed E-state index contributed by atoms with van der Waals surface area (Å²) in [6.45, 7) is 3.97. The highest BCUT2D eigenvalue weighted by Gasteiger charge is 2.25. The Balaban J connectivity index is 2.07. The van der Waals surface area contributed by atoms with E-state index in [4.69, 9.17) is 5.11 Å². The van der Waals surface area contributed by atoms with Crippen molar-refractivity contribution in [2.75, 3.05) is 6.61 Å². The monoisotopic (exact) mass is 277 g/mol. The van der Waals surface area contributed by atoms with Gasteiger partial charge in [-0.05, 0) is 37.3 Å². The Morgan fingerprint density at radius 2 is 2.37 bits per heavy atom. The van der Waals surface area contributed by atoms with Crippen molar-refractivity contribution < 1.29 is 9.90 Å². The van der Waals surface area contributed by atoms with Gasteiger partial charge in [0.2, 0.25) is 0 Å². The number of aliphatic hydroxyl groups is 1. The smallest absolute Gasteiger partial charge is 0.261 e. The summed E-state index contributed by atoms with van der Waals surface area (Å²) in [4.78, 5) is 13.8. The summed E-state index contributed by atoms with van der Waals surface area (Å²) in [5.41, 5.74) is 0.996. The maximum Gasteiger partial charge on any atom is 0.261 e. The number of aliphatic hydroxyl groups excluding tert-OH is 1. The Labute approximate surface area is 118 Å². The molecule has 0 spiro atoms. The number of amides is 1. The molecular formula is C15H19NO2S. The van der Waals surface area contributed by atoms with Gasteiger partial charge in [0.15, 0.2) is 0 Å². The second-order valence-electron chi connectivity index (χ2n) is 5.07. The molecule has 1 aliphatic rings. The third-order valence-corrected chi connectivity index (χ3v) is 4.75. The zero-order valence-electron chi connectivity index (χ0n) is 11.3. The highest BCUT2D eigenvalue weighted by molar-refractivity contribution is 7.14. The van der Waals surface area contributed by atoms with Gasteiger partial charge >= 0.3 is 0 Å². The first-order chi connectivity index (χ1) is 9.11. The highest BCUT2D eigenvalue weighted by atomic mass is 32.1. The van der Waals surface area contributed by atoms with E-state index in [-0.39, 0.29) is 12.5 Å². The lowest BCUT2D eigenvalue weighted by atomic mass is 10.1. The molecule has 102 valence electrons. The van der Waals surface area contributed by atoms with Gasteiger partial charge in [-0.1, -0.05) is 25.2 Å². The molecule has 1 amide bonds. The molecule has 1 saturated carbocycles. The van der Waals surface area contributed by atoms with Crippen molar-refractivity contribution in [3.8, 4) is 11.8 Å². The summed E-state index contributed by atoms with van der Waals surface area (Å²) < 4.78 is 0. The molecule has 1 heterocycles. The van der Waals surface area contributed by atoms with Crippen molar-refractivity contribution in [3.05, 3.63) is 21.4 Å². The first-order valence-corrected chi connectivity index (χ1v) is 7.44. The van der Waals surface area contributed by atoms with Crippen molar-refractivity contribution in [3.63, 3.8) is 0 Å². The fraction of sp³-hybridized carbons (Fsp3) is 0.533. The van der Waals surface area contributed by atoms with Crippen molar-refractivity contribution in [1.29, 1.82) is 0 Å². The van der Waals surface area contributed by atoms with E-state index in [0.29, 0.717) is 16.8 Å². The summed E-state index contributed by atoms with van der Waals surface area (Å²) >= 11 is 1.40. The Kier molecular flexibility index (Phi) is 4.62. The van der Waals surface area contributed by atoms with Crippen molar-refractivity contribution >= 4 is 17.2 Å². The number of aryl methyl sites for hydroxylation is 1. The minimum atomic E-state index is -0.154. The van der Waals surface area contributed by atoms with Crippen LogP contribution in [0.4, 0.5) is 0 Å². The summed E-state index contributed by atoms with van der Waals surface area (Å²) in [5.74, 6) is 6.07. The van der Waals surface area contributed by atoms with E-state index in [1.165, 1.54) is 24.2 Å². The van der Waals surface area contributed by atoms with Gasteiger partial charge in [-0.25, -0.2) is 0 Å². The molecule has 1 aliphatic carbocycles. The summed E-state index contributed by atoms with van der Waals surface area (Å²) in [6.07, 6.45) is 3.47. The van der Waals surface area contributed by atoms with Crippen molar-refractivity contribution in [2.24, 2.45) is 5.92 Å². The fourth-order valence-electron chi connectivity index (χ4n) is 2.44. The van der Waals surface area contributed by atoms with Gasteiger partial charge in [-0.3, -0.25) is 4.79 Å². The normalized spacial score (nSPS) is 21.8. The molecule has 0 radical (unpaired) electrons. The molecule has 3 nitrogen and oxygen atoms in total. The number of rotatable bonds is 2.